The summed E-state index contributed by atoms with van der Waals surface area (Å²) >= 11 is 1.52. The first-order valence-electron chi connectivity index (χ1n) is 12.4. The number of thiazole rings is 1. The van der Waals surface area contributed by atoms with Gasteiger partial charge in [0.1, 0.15) is 5.82 Å². The second kappa shape index (κ2) is 10.5. The summed E-state index contributed by atoms with van der Waals surface area (Å²) in [5.74, 6) is -0.810. The van der Waals surface area contributed by atoms with Gasteiger partial charge in [0.05, 0.1) is 27.8 Å². The monoisotopic (exact) mass is 531 g/mol. The third-order valence-electron chi connectivity index (χ3n) is 7.03. The van der Waals surface area contributed by atoms with Gasteiger partial charge in [0, 0.05) is 25.6 Å². The lowest BCUT2D eigenvalue weighted by Crippen LogP contribution is -2.46. The van der Waals surface area contributed by atoms with E-state index in [1.54, 1.807) is 4.90 Å². The van der Waals surface area contributed by atoms with Crippen molar-refractivity contribution in [1.82, 2.24) is 9.29 Å². The number of hydrogen-bond donors (Lipinski definition) is 0. The van der Waals surface area contributed by atoms with Gasteiger partial charge in [-0.1, -0.05) is 30.4 Å². The average molecular weight is 532 g/mol. The lowest BCUT2D eigenvalue weighted by molar-refractivity contribution is -0.123. The number of fused-ring (bicyclic) bond motifs is 1. The van der Waals surface area contributed by atoms with Gasteiger partial charge in [-0.05, 0) is 68.0 Å². The smallest absolute Gasteiger partial charge is 0.243 e. The number of benzene rings is 2. The molecule has 2 aliphatic rings. The highest BCUT2D eigenvalue weighted by molar-refractivity contribution is 7.89. The summed E-state index contributed by atoms with van der Waals surface area (Å²) < 4.78 is 47.6. The van der Waals surface area contributed by atoms with E-state index in [0.29, 0.717) is 31.1 Å². The number of nitrogens with zero attached hydrogens (tertiary/aromatic N) is 3. The number of carbonyl (C=O) groups is 1. The zero-order valence-electron chi connectivity index (χ0n) is 20.2. The molecule has 2 aliphatic heterocycles. The molecule has 10 heteroatoms. The minimum atomic E-state index is -3.73. The Balaban J connectivity index is 1.35. The van der Waals surface area contributed by atoms with Gasteiger partial charge in [0.2, 0.25) is 15.9 Å². The maximum Gasteiger partial charge on any atom is 0.243 e. The molecule has 1 atom stereocenters. The molecule has 1 amide bonds. The number of sulfonamides is 1. The first kappa shape index (κ1) is 25.3. The van der Waals surface area contributed by atoms with Crippen LogP contribution in [0.5, 0.6) is 0 Å². The van der Waals surface area contributed by atoms with Gasteiger partial charge in [-0.15, -0.1) is 0 Å². The van der Waals surface area contributed by atoms with Gasteiger partial charge in [-0.3, -0.25) is 9.69 Å². The maximum atomic E-state index is 13.8. The van der Waals surface area contributed by atoms with Crippen molar-refractivity contribution >= 4 is 42.6 Å². The molecule has 0 saturated carbocycles. The third kappa shape index (κ3) is 5.04. The zero-order valence-corrected chi connectivity index (χ0v) is 21.9. The Morgan fingerprint density at radius 2 is 1.92 bits per heavy atom. The van der Waals surface area contributed by atoms with E-state index >= 15 is 0 Å². The molecule has 0 bridgehead atoms. The number of para-hydroxylation sites is 1. The molecule has 2 fully saturated rings. The van der Waals surface area contributed by atoms with Crippen LogP contribution in [-0.4, -0.2) is 56.0 Å². The average Bonchev–Trinajstić information content (AvgIpc) is 3.57. The molecule has 36 heavy (non-hydrogen) atoms. The van der Waals surface area contributed by atoms with Crippen molar-refractivity contribution in [1.29, 1.82) is 0 Å². The van der Waals surface area contributed by atoms with E-state index in [1.165, 1.54) is 27.8 Å². The Hall–Kier alpha value is -2.40. The summed E-state index contributed by atoms with van der Waals surface area (Å²) in [7, 11) is -3.73. The molecule has 3 aromatic rings. The molecule has 2 aromatic carbocycles. The lowest BCUT2D eigenvalue weighted by Gasteiger charge is -2.33. The van der Waals surface area contributed by atoms with Crippen LogP contribution in [0.15, 0.2) is 47.4 Å². The van der Waals surface area contributed by atoms with E-state index in [1.807, 2.05) is 12.1 Å². The molecule has 5 rings (SSSR count). The van der Waals surface area contributed by atoms with Gasteiger partial charge in [-0.25, -0.2) is 17.8 Å². The summed E-state index contributed by atoms with van der Waals surface area (Å²) in [5.41, 5.74) is 2.09. The van der Waals surface area contributed by atoms with Crippen molar-refractivity contribution in [3.05, 3.63) is 53.8 Å². The Bertz CT molecular complexity index is 1330. The highest BCUT2D eigenvalue weighted by atomic mass is 32.2. The summed E-state index contributed by atoms with van der Waals surface area (Å²) in [6.07, 6.45) is 3.57. The summed E-state index contributed by atoms with van der Waals surface area (Å²) in [5, 5.41) is 0.674. The first-order chi connectivity index (χ1) is 17.4. The van der Waals surface area contributed by atoms with Crippen molar-refractivity contribution in [2.75, 3.05) is 31.1 Å². The van der Waals surface area contributed by atoms with Crippen LogP contribution in [0.25, 0.3) is 10.2 Å². The first-order valence-corrected chi connectivity index (χ1v) is 14.7. The Morgan fingerprint density at radius 1 is 1.17 bits per heavy atom. The van der Waals surface area contributed by atoms with E-state index in [0.717, 1.165) is 47.2 Å². The Kier molecular flexibility index (Phi) is 7.39. The Labute approximate surface area is 214 Å². The van der Waals surface area contributed by atoms with E-state index in [9.17, 15) is 17.6 Å². The van der Waals surface area contributed by atoms with E-state index in [2.05, 4.69) is 13.0 Å². The molecular formula is C26H30FN3O4S2. The highest BCUT2D eigenvalue weighted by Gasteiger charge is 2.36. The molecular weight excluding hydrogens is 501 g/mol. The number of ether oxygens (including phenoxy) is 1. The third-order valence-corrected chi connectivity index (χ3v) is 9.99. The largest absolute Gasteiger partial charge is 0.376 e. The van der Waals surface area contributed by atoms with Gasteiger partial charge in [-0.2, -0.15) is 4.31 Å². The van der Waals surface area contributed by atoms with Crippen molar-refractivity contribution in [2.24, 2.45) is 5.92 Å². The molecule has 0 spiro atoms. The minimum Gasteiger partial charge on any atom is -0.376 e. The van der Waals surface area contributed by atoms with E-state index in [4.69, 9.17) is 9.72 Å². The van der Waals surface area contributed by atoms with Crippen molar-refractivity contribution in [2.45, 2.75) is 50.0 Å². The zero-order chi connectivity index (χ0) is 25.3. The highest BCUT2D eigenvalue weighted by Crippen LogP contribution is 2.34. The topological polar surface area (TPSA) is 79.8 Å². The molecule has 1 unspecified atom stereocenters. The number of hydrogen-bond acceptors (Lipinski definition) is 6. The normalized spacial score (nSPS) is 19.7. The number of rotatable bonds is 7. The van der Waals surface area contributed by atoms with E-state index < -0.39 is 15.8 Å². The van der Waals surface area contributed by atoms with E-state index in [-0.39, 0.29) is 35.9 Å². The number of carbonyl (C=O) groups excluding carboxylic acids is 1. The molecule has 0 N–H and O–H groups in total. The molecule has 0 aliphatic carbocycles. The molecule has 192 valence electrons. The molecule has 1 aromatic heterocycles. The van der Waals surface area contributed by atoms with Crippen LogP contribution >= 0.6 is 11.3 Å². The van der Waals surface area contributed by atoms with Gasteiger partial charge in [0.25, 0.3) is 0 Å². The minimum absolute atomic E-state index is 0.0226. The number of piperidine rings is 1. The standard InChI is InChI=1S/C26H30FN3O4S2/c1-2-18-5-3-7-23-24(18)28-26(35-23)30(17-21-6-4-16-34-21)25(31)19-12-14-29(15-13-19)36(32,33)22-10-8-20(27)9-11-22/h3,5,7-11,19,21H,2,4,6,12-17H2,1H3. The van der Waals surface area contributed by atoms with Crippen LogP contribution < -0.4 is 4.90 Å². The van der Waals surface area contributed by atoms with Crippen LogP contribution in [0.1, 0.15) is 38.2 Å². The fourth-order valence-electron chi connectivity index (χ4n) is 4.97. The fourth-order valence-corrected chi connectivity index (χ4v) is 7.47. The molecule has 2 saturated heterocycles. The summed E-state index contributed by atoms with van der Waals surface area (Å²) in [4.78, 5) is 20.5. The molecule has 0 radical (unpaired) electrons. The molecule has 3 heterocycles. The van der Waals surface area contributed by atoms with Crippen LogP contribution in [-0.2, 0) is 26.0 Å². The second-order valence-electron chi connectivity index (χ2n) is 9.33. The fraction of sp³-hybridized carbons (Fsp3) is 0.462. The summed E-state index contributed by atoms with van der Waals surface area (Å²) in [6, 6.07) is 11.0. The van der Waals surface area contributed by atoms with Crippen LogP contribution in [0, 0.1) is 11.7 Å². The van der Waals surface area contributed by atoms with Crippen molar-refractivity contribution in [3.63, 3.8) is 0 Å². The second-order valence-corrected chi connectivity index (χ2v) is 12.3. The predicted molar refractivity (Wildman–Crippen MR) is 138 cm³/mol. The van der Waals surface area contributed by atoms with Crippen molar-refractivity contribution in [3.8, 4) is 0 Å². The number of halogens is 1. The van der Waals surface area contributed by atoms with Crippen molar-refractivity contribution < 1.29 is 22.3 Å². The lowest BCUT2D eigenvalue weighted by atomic mass is 9.96. The van der Waals surface area contributed by atoms with Crippen LogP contribution in [0.2, 0.25) is 0 Å². The maximum absolute atomic E-state index is 13.8. The van der Waals surface area contributed by atoms with Gasteiger partial charge < -0.3 is 4.74 Å². The predicted octanol–water partition coefficient (Wildman–Crippen LogP) is 4.61. The molecule has 7 nitrogen and oxygen atoms in total. The van der Waals surface area contributed by atoms with Gasteiger partial charge in [0.15, 0.2) is 5.13 Å². The van der Waals surface area contributed by atoms with Gasteiger partial charge >= 0.3 is 0 Å². The number of anilines is 1. The van der Waals surface area contributed by atoms with Crippen LogP contribution in [0.4, 0.5) is 9.52 Å². The number of aromatic nitrogens is 1. The van der Waals surface area contributed by atoms with Crippen LogP contribution in [0.3, 0.4) is 0 Å². The SMILES string of the molecule is CCc1cccc2sc(N(CC3CCCO3)C(=O)C3CCN(S(=O)(=O)c4ccc(F)cc4)CC3)nc12. The Morgan fingerprint density at radius 3 is 2.58 bits per heavy atom. The number of amides is 1. The number of aryl methyl sites for hydroxylation is 1. The quantitative estimate of drug-likeness (QED) is 0.445. The summed E-state index contributed by atoms with van der Waals surface area (Å²) in [6.45, 7) is 3.73.